The van der Waals surface area contributed by atoms with Crippen molar-refractivity contribution in [2.45, 2.75) is 25.5 Å². The molecule has 0 aliphatic rings. The highest BCUT2D eigenvalue weighted by Gasteiger charge is 2.18. The molecular weight excluding hydrogens is 388 g/mol. The molecule has 8 heteroatoms. The van der Waals surface area contributed by atoms with Crippen LogP contribution in [-0.2, 0) is 9.59 Å². The van der Waals surface area contributed by atoms with Crippen LogP contribution in [0.3, 0.4) is 0 Å². The zero-order valence-electron chi connectivity index (χ0n) is 16.3. The number of amides is 2. The number of nitrogens with zero attached hydrogens (tertiary/aromatic N) is 3. The van der Waals surface area contributed by atoms with Crippen LogP contribution in [0.25, 0.3) is 11.5 Å². The molecule has 0 aliphatic heterocycles. The Morgan fingerprint density at radius 3 is 2.41 bits per heavy atom. The molecule has 0 fully saturated rings. The van der Waals surface area contributed by atoms with Gasteiger partial charge in [0.1, 0.15) is 0 Å². The fourth-order valence-corrected chi connectivity index (χ4v) is 3.55. The lowest BCUT2D eigenvalue weighted by atomic mass is 10.1. The molecule has 2 N–H and O–H groups in total. The van der Waals surface area contributed by atoms with Gasteiger partial charge < -0.3 is 15.1 Å². The molecule has 3 rings (SSSR count). The van der Waals surface area contributed by atoms with Crippen LogP contribution < -0.4 is 10.6 Å². The fraction of sp³-hybridized carbons (Fsp3) is 0.238. The predicted octanol–water partition coefficient (Wildman–Crippen LogP) is 3.35. The first-order chi connectivity index (χ1) is 13.9. The van der Waals surface area contributed by atoms with E-state index in [0.717, 1.165) is 28.5 Å². The van der Waals surface area contributed by atoms with Crippen molar-refractivity contribution >= 4 is 29.3 Å². The summed E-state index contributed by atoms with van der Waals surface area (Å²) in [7, 11) is 0. The summed E-state index contributed by atoms with van der Waals surface area (Å²) >= 11 is 1.16. The summed E-state index contributed by atoms with van der Waals surface area (Å²) in [5.74, 6) is -0.113. The van der Waals surface area contributed by atoms with Crippen molar-refractivity contribution in [3.63, 3.8) is 0 Å². The molecule has 2 aromatic carbocycles. The summed E-state index contributed by atoms with van der Waals surface area (Å²) < 4.78 is 5.71. The molecule has 29 heavy (non-hydrogen) atoms. The highest BCUT2D eigenvalue weighted by Crippen LogP contribution is 2.25. The number of benzene rings is 2. The number of nitrogens with two attached hydrogens (primary N) is 1. The minimum absolute atomic E-state index is 0.0860. The Bertz CT molecular complexity index is 984. The van der Waals surface area contributed by atoms with Crippen molar-refractivity contribution in [3.05, 3.63) is 59.7 Å². The molecular formula is C21H22N4O3S. The third-order valence-corrected chi connectivity index (χ3v) is 4.95. The number of hydrogen-bond acceptors (Lipinski definition) is 6. The van der Waals surface area contributed by atoms with Gasteiger partial charge in [0.15, 0.2) is 0 Å². The second-order valence-corrected chi connectivity index (χ2v) is 7.56. The molecule has 0 aliphatic carbocycles. The zero-order valence-corrected chi connectivity index (χ0v) is 17.1. The van der Waals surface area contributed by atoms with Crippen molar-refractivity contribution in [3.8, 4) is 11.5 Å². The molecule has 0 unspecified atom stereocenters. The maximum absolute atomic E-state index is 12.8. The first kappa shape index (κ1) is 20.6. The van der Waals surface area contributed by atoms with Gasteiger partial charge in [0, 0.05) is 24.2 Å². The SMILES string of the molecule is Cc1cc(C)cc(-c2nnc(SCC(=O)N(CCC(N)=O)c3ccccc3)o2)c1. The van der Waals surface area contributed by atoms with E-state index in [1.54, 1.807) is 4.90 Å². The van der Waals surface area contributed by atoms with Crippen molar-refractivity contribution in [1.82, 2.24) is 10.2 Å². The summed E-state index contributed by atoms with van der Waals surface area (Å²) in [5.41, 5.74) is 9.02. The molecule has 0 atom stereocenters. The van der Waals surface area contributed by atoms with E-state index < -0.39 is 5.91 Å². The Hall–Kier alpha value is -3.13. The van der Waals surface area contributed by atoms with E-state index in [-0.39, 0.29) is 24.6 Å². The van der Waals surface area contributed by atoms with Gasteiger partial charge in [-0.25, -0.2) is 0 Å². The molecule has 0 spiro atoms. The third kappa shape index (κ3) is 5.68. The number of thioether (sulfide) groups is 1. The van der Waals surface area contributed by atoms with E-state index >= 15 is 0 Å². The van der Waals surface area contributed by atoms with Gasteiger partial charge in [-0.3, -0.25) is 9.59 Å². The molecule has 0 radical (unpaired) electrons. The van der Waals surface area contributed by atoms with Gasteiger partial charge in [-0.05, 0) is 38.1 Å². The second kappa shape index (κ2) is 9.38. The average molecular weight is 410 g/mol. The maximum Gasteiger partial charge on any atom is 0.277 e. The molecule has 150 valence electrons. The summed E-state index contributed by atoms with van der Waals surface area (Å²) in [6, 6.07) is 15.2. The van der Waals surface area contributed by atoms with Gasteiger partial charge in [-0.2, -0.15) is 0 Å². The van der Waals surface area contributed by atoms with Gasteiger partial charge >= 0.3 is 0 Å². The lowest BCUT2D eigenvalue weighted by Gasteiger charge is -2.21. The Morgan fingerprint density at radius 1 is 1.07 bits per heavy atom. The molecule has 1 aromatic heterocycles. The number of primary amides is 1. The quantitative estimate of drug-likeness (QED) is 0.571. The summed E-state index contributed by atoms with van der Waals surface area (Å²) in [5, 5.41) is 8.43. The van der Waals surface area contributed by atoms with Gasteiger partial charge in [0.05, 0.1) is 5.75 Å². The van der Waals surface area contributed by atoms with Gasteiger partial charge in [0.2, 0.25) is 17.7 Å². The van der Waals surface area contributed by atoms with Gasteiger partial charge in [-0.1, -0.05) is 47.2 Å². The van der Waals surface area contributed by atoms with Crippen LogP contribution in [-0.4, -0.2) is 34.3 Å². The van der Waals surface area contributed by atoms with E-state index in [2.05, 4.69) is 16.3 Å². The van der Waals surface area contributed by atoms with E-state index in [0.29, 0.717) is 16.8 Å². The molecule has 1 heterocycles. The summed E-state index contributed by atoms with van der Waals surface area (Å²) in [6.45, 7) is 4.23. The van der Waals surface area contributed by atoms with Crippen LogP contribution in [0, 0.1) is 13.8 Å². The average Bonchev–Trinajstić information content (AvgIpc) is 3.15. The molecule has 0 bridgehead atoms. The van der Waals surface area contributed by atoms with E-state index in [1.165, 1.54) is 0 Å². The number of hydrogen-bond donors (Lipinski definition) is 1. The number of anilines is 1. The Labute approximate surface area is 173 Å². The number of carbonyl (C=O) groups is 2. The molecule has 0 saturated carbocycles. The summed E-state index contributed by atoms with van der Waals surface area (Å²) in [6.07, 6.45) is 0.0860. The molecule has 0 saturated heterocycles. The zero-order chi connectivity index (χ0) is 20.8. The van der Waals surface area contributed by atoms with E-state index in [4.69, 9.17) is 10.2 Å². The minimum atomic E-state index is -0.457. The molecule has 7 nitrogen and oxygen atoms in total. The standard InChI is InChI=1S/C21H22N4O3S/c1-14-10-15(2)12-16(11-14)20-23-24-21(28-20)29-13-19(27)25(9-8-18(22)26)17-6-4-3-5-7-17/h3-7,10-12H,8-9,13H2,1-2H3,(H2,22,26). The maximum atomic E-state index is 12.8. The van der Waals surface area contributed by atoms with Gasteiger partial charge in [0.25, 0.3) is 5.22 Å². The highest BCUT2D eigenvalue weighted by molar-refractivity contribution is 7.99. The Kier molecular flexibility index (Phi) is 6.66. The van der Waals surface area contributed by atoms with Crippen LogP contribution in [0.5, 0.6) is 0 Å². The van der Waals surface area contributed by atoms with Crippen molar-refractivity contribution in [2.75, 3.05) is 17.2 Å². The molecule has 3 aromatic rings. The number of aryl methyl sites for hydroxylation is 2. The van der Waals surface area contributed by atoms with Gasteiger partial charge in [-0.15, -0.1) is 10.2 Å². The number of rotatable bonds is 8. The van der Waals surface area contributed by atoms with Crippen LogP contribution in [0.1, 0.15) is 17.5 Å². The van der Waals surface area contributed by atoms with Crippen molar-refractivity contribution < 1.29 is 14.0 Å². The topological polar surface area (TPSA) is 102 Å². The monoisotopic (exact) mass is 410 g/mol. The Balaban J connectivity index is 1.68. The van der Waals surface area contributed by atoms with Crippen molar-refractivity contribution in [2.24, 2.45) is 5.73 Å². The van der Waals surface area contributed by atoms with Crippen LogP contribution in [0.2, 0.25) is 0 Å². The van der Waals surface area contributed by atoms with Crippen LogP contribution >= 0.6 is 11.8 Å². The van der Waals surface area contributed by atoms with Crippen LogP contribution in [0.4, 0.5) is 5.69 Å². The van der Waals surface area contributed by atoms with E-state index in [1.807, 2.05) is 56.3 Å². The normalized spacial score (nSPS) is 10.7. The second-order valence-electron chi connectivity index (χ2n) is 6.64. The lowest BCUT2D eigenvalue weighted by Crippen LogP contribution is -2.35. The lowest BCUT2D eigenvalue weighted by molar-refractivity contribution is -0.118. The highest BCUT2D eigenvalue weighted by atomic mass is 32.2. The van der Waals surface area contributed by atoms with Crippen molar-refractivity contribution in [1.29, 1.82) is 0 Å². The smallest absolute Gasteiger partial charge is 0.277 e. The third-order valence-electron chi connectivity index (χ3n) is 4.14. The predicted molar refractivity (Wildman–Crippen MR) is 113 cm³/mol. The number of para-hydroxylation sites is 1. The minimum Gasteiger partial charge on any atom is -0.411 e. The Morgan fingerprint density at radius 2 is 1.76 bits per heavy atom. The summed E-state index contributed by atoms with van der Waals surface area (Å²) in [4.78, 5) is 25.5. The molecule has 2 amide bonds. The first-order valence-electron chi connectivity index (χ1n) is 9.11. The number of aromatic nitrogens is 2. The first-order valence-corrected chi connectivity index (χ1v) is 10.1. The largest absolute Gasteiger partial charge is 0.411 e. The number of carbonyl (C=O) groups excluding carboxylic acids is 2. The van der Waals surface area contributed by atoms with Crippen LogP contribution in [0.15, 0.2) is 58.2 Å². The fourth-order valence-electron chi connectivity index (χ4n) is 2.91. The van der Waals surface area contributed by atoms with E-state index in [9.17, 15) is 9.59 Å².